The van der Waals surface area contributed by atoms with E-state index >= 15 is 0 Å². The van der Waals surface area contributed by atoms with E-state index in [0.717, 1.165) is 34.7 Å². The average molecular weight is 625 g/mol. The van der Waals surface area contributed by atoms with Crippen LogP contribution in [0.1, 0.15) is 48.7 Å². The lowest BCUT2D eigenvalue weighted by atomic mass is 9.90. The van der Waals surface area contributed by atoms with Crippen LogP contribution in [0.2, 0.25) is 0 Å². The monoisotopic (exact) mass is 624 g/mol. The second-order valence-corrected chi connectivity index (χ2v) is 13.1. The molecule has 9 nitrogen and oxygen atoms in total. The Bertz CT molecular complexity index is 1600. The predicted molar refractivity (Wildman–Crippen MR) is 148 cm³/mol. The second kappa shape index (κ2) is 12.1. The Balaban J connectivity index is 1.23. The summed E-state index contributed by atoms with van der Waals surface area (Å²) in [6.07, 6.45) is 1.65. The van der Waals surface area contributed by atoms with Crippen molar-refractivity contribution in [1.82, 2.24) is 23.8 Å². The molecular weight excluding hydrogens is 596 g/mol. The van der Waals surface area contributed by atoms with Gasteiger partial charge >= 0.3 is 6.18 Å². The maximum atomic E-state index is 13.4. The van der Waals surface area contributed by atoms with Gasteiger partial charge in [-0.05, 0) is 55.5 Å². The molecule has 3 aromatic heterocycles. The number of benzene rings is 1. The lowest BCUT2D eigenvalue weighted by Gasteiger charge is -2.35. The summed E-state index contributed by atoms with van der Waals surface area (Å²) in [5, 5.41) is 2.95. The third-order valence-electron chi connectivity index (χ3n) is 7.34. The van der Waals surface area contributed by atoms with Crippen LogP contribution < -0.4 is 5.32 Å². The summed E-state index contributed by atoms with van der Waals surface area (Å²) in [4.78, 5) is 12.1. The van der Waals surface area contributed by atoms with Gasteiger partial charge in [0.1, 0.15) is 17.7 Å². The minimum Gasteiger partial charge on any atom is -0.375 e. The van der Waals surface area contributed by atoms with Crippen LogP contribution in [0.4, 0.5) is 28.5 Å². The van der Waals surface area contributed by atoms with Crippen molar-refractivity contribution in [2.24, 2.45) is 5.92 Å². The molecule has 42 heavy (non-hydrogen) atoms. The number of halogens is 4. The highest BCUT2D eigenvalue weighted by molar-refractivity contribution is 7.91. The largest absolute Gasteiger partial charge is 0.417 e. The predicted octanol–water partition coefficient (Wildman–Crippen LogP) is 6.03. The summed E-state index contributed by atoms with van der Waals surface area (Å²) >= 11 is 0.878. The van der Waals surface area contributed by atoms with Crippen LogP contribution in [0.15, 0.2) is 65.5 Å². The van der Waals surface area contributed by atoms with E-state index in [0.29, 0.717) is 19.0 Å². The minimum absolute atomic E-state index is 0.0184. The SMILES string of the molecule is COC(c1cncn1[C@H](C)c1ccc(F)cc1)C1CCN(S(=O)(=O)c2cnc(Nc3ccc(C(F)(F)F)cn3)s2)CC1. The van der Waals surface area contributed by atoms with Crippen molar-refractivity contribution in [2.75, 3.05) is 25.5 Å². The lowest BCUT2D eigenvalue weighted by Crippen LogP contribution is -2.40. The molecule has 1 aliphatic heterocycles. The minimum atomic E-state index is -4.51. The first-order chi connectivity index (χ1) is 20.0. The van der Waals surface area contributed by atoms with E-state index in [2.05, 4.69) is 20.3 Å². The van der Waals surface area contributed by atoms with Gasteiger partial charge in [0.2, 0.25) is 0 Å². The molecular formula is C27H28F4N6O3S2. The fraction of sp³-hybridized carbons (Fsp3) is 0.370. The van der Waals surface area contributed by atoms with Gasteiger partial charge in [-0.15, -0.1) is 0 Å². The Labute approximate surface area is 244 Å². The molecule has 1 N–H and O–H groups in total. The van der Waals surface area contributed by atoms with Crippen molar-refractivity contribution < 1.29 is 30.7 Å². The van der Waals surface area contributed by atoms with Crippen molar-refractivity contribution >= 4 is 32.3 Å². The van der Waals surface area contributed by atoms with Crippen LogP contribution in [0, 0.1) is 11.7 Å². The first-order valence-corrected chi connectivity index (χ1v) is 15.3. The Morgan fingerprint density at radius 3 is 2.38 bits per heavy atom. The molecule has 0 amide bonds. The van der Waals surface area contributed by atoms with E-state index < -0.39 is 21.8 Å². The van der Waals surface area contributed by atoms with Gasteiger partial charge in [0, 0.05) is 26.4 Å². The van der Waals surface area contributed by atoms with E-state index in [1.54, 1.807) is 31.8 Å². The number of piperidine rings is 1. The molecule has 0 aliphatic carbocycles. The second-order valence-electron chi connectivity index (χ2n) is 9.89. The lowest BCUT2D eigenvalue weighted by molar-refractivity contribution is -0.137. The van der Waals surface area contributed by atoms with Crippen LogP contribution in [0.25, 0.3) is 0 Å². The average Bonchev–Trinajstić information content (AvgIpc) is 3.64. The summed E-state index contributed by atoms with van der Waals surface area (Å²) in [5.41, 5.74) is 0.881. The number of anilines is 2. The van der Waals surface area contributed by atoms with Crippen molar-refractivity contribution in [3.05, 3.63) is 84.0 Å². The summed E-state index contributed by atoms with van der Waals surface area (Å²) in [5.74, 6) is -0.169. The van der Waals surface area contributed by atoms with Crippen LogP contribution in [-0.2, 0) is 20.9 Å². The van der Waals surface area contributed by atoms with Crippen molar-refractivity contribution in [2.45, 2.75) is 42.3 Å². The number of thiazole rings is 1. The molecule has 5 rings (SSSR count). The fourth-order valence-corrected chi connectivity index (χ4v) is 7.71. The zero-order valence-electron chi connectivity index (χ0n) is 22.6. The Morgan fingerprint density at radius 2 is 1.76 bits per heavy atom. The van der Waals surface area contributed by atoms with E-state index in [9.17, 15) is 26.0 Å². The molecule has 0 saturated carbocycles. The van der Waals surface area contributed by atoms with Gasteiger partial charge in [0.05, 0.1) is 36.0 Å². The molecule has 1 saturated heterocycles. The number of imidazole rings is 1. The van der Waals surface area contributed by atoms with Gasteiger partial charge in [0.15, 0.2) is 9.34 Å². The number of hydrogen-bond donors (Lipinski definition) is 1. The number of methoxy groups -OCH3 is 1. The van der Waals surface area contributed by atoms with Crippen LogP contribution in [-0.4, -0.2) is 52.4 Å². The van der Waals surface area contributed by atoms with Crippen molar-refractivity contribution in [3.8, 4) is 0 Å². The quantitative estimate of drug-likeness (QED) is 0.227. The van der Waals surface area contributed by atoms with E-state index in [4.69, 9.17) is 4.74 Å². The third kappa shape index (κ3) is 6.33. The molecule has 0 spiro atoms. The smallest absolute Gasteiger partial charge is 0.375 e. The number of pyridine rings is 1. The number of hydrogen-bond acceptors (Lipinski definition) is 8. The fourth-order valence-electron chi connectivity index (χ4n) is 5.04. The molecule has 15 heteroatoms. The molecule has 2 atom stereocenters. The number of nitrogens with zero attached hydrogens (tertiary/aromatic N) is 5. The number of nitrogens with one attached hydrogen (secondary N) is 1. The molecule has 4 heterocycles. The molecule has 4 aromatic rings. The van der Waals surface area contributed by atoms with Gasteiger partial charge in [-0.2, -0.15) is 17.5 Å². The number of sulfonamides is 1. The third-order valence-corrected chi connectivity index (χ3v) is 10.6. The number of aromatic nitrogens is 4. The van der Waals surface area contributed by atoms with Crippen LogP contribution in [0.3, 0.4) is 0 Å². The molecule has 0 radical (unpaired) electrons. The topological polar surface area (TPSA) is 102 Å². The summed E-state index contributed by atoms with van der Waals surface area (Å²) in [6, 6.07) is 8.22. The Hall–Kier alpha value is -3.40. The first-order valence-electron chi connectivity index (χ1n) is 13.0. The molecule has 0 bridgehead atoms. The molecule has 1 fully saturated rings. The highest BCUT2D eigenvalue weighted by Crippen LogP contribution is 2.37. The first kappa shape index (κ1) is 30.1. The summed E-state index contributed by atoms with van der Waals surface area (Å²) < 4.78 is 87.8. The van der Waals surface area contributed by atoms with Gasteiger partial charge in [-0.1, -0.05) is 23.5 Å². The molecule has 224 valence electrons. The van der Waals surface area contributed by atoms with Gasteiger partial charge < -0.3 is 14.6 Å². The van der Waals surface area contributed by atoms with E-state index in [-0.39, 0.29) is 52.1 Å². The van der Waals surface area contributed by atoms with Gasteiger partial charge in [-0.25, -0.2) is 27.8 Å². The van der Waals surface area contributed by atoms with Crippen molar-refractivity contribution in [1.29, 1.82) is 0 Å². The normalized spacial score (nSPS) is 16.8. The Morgan fingerprint density at radius 1 is 1.05 bits per heavy atom. The van der Waals surface area contributed by atoms with Gasteiger partial charge in [0.25, 0.3) is 10.0 Å². The maximum absolute atomic E-state index is 13.4. The van der Waals surface area contributed by atoms with Crippen LogP contribution in [0.5, 0.6) is 0 Å². The highest BCUT2D eigenvalue weighted by Gasteiger charge is 2.36. The summed E-state index contributed by atoms with van der Waals surface area (Å²) in [6.45, 7) is 2.54. The molecule has 1 unspecified atom stereocenters. The number of rotatable bonds is 9. The Kier molecular flexibility index (Phi) is 8.64. The highest BCUT2D eigenvalue weighted by atomic mass is 32.2. The van der Waals surface area contributed by atoms with Gasteiger partial charge in [-0.3, -0.25) is 0 Å². The zero-order valence-corrected chi connectivity index (χ0v) is 24.3. The molecule has 1 aliphatic rings. The standard InChI is InChI=1S/C27H28F4N6O3S2/c1-17(18-3-6-21(28)7-4-18)37-16-32-14-22(37)25(40-2)19-9-11-36(12-10-19)42(38,39)24-15-34-26(41-24)35-23-8-5-20(13-33-23)27(29,30)31/h3-8,13-17,19,25H,9-12H2,1-2H3,(H,33,34,35)/t17-,25?/m1/s1. The number of alkyl halides is 3. The van der Waals surface area contributed by atoms with Crippen molar-refractivity contribution in [3.63, 3.8) is 0 Å². The van der Waals surface area contributed by atoms with E-state index in [1.807, 2.05) is 11.5 Å². The van der Waals surface area contributed by atoms with Crippen LogP contribution >= 0.6 is 11.3 Å². The molecule has 1 aromatic carbocycles. The maximum Gasteiger partial charge on any atom is 0.417 e. The summed E-state index contributed by atoms with van der Waals surface area (Å²) in [7, 11) is -2.22. The zero-order chi connectivity index (χ0) is 30.1. The van der Waals surface area contributed by atoms with E-state index in [1.165, 1.54) is 22.6 Å². The number of ether oxygens (including phenoxy) is 1.